The van der Waals surface area contributed by atoms with E-state index in [2.05, 4.69) is 43.0 Å². The zero-order valence-electron chi connectivity index (χ0n) is 25.0. The Kier molecular flexibility index (Phi) is 9.21. The Morgan fingerprint density at radius 3 is 2.59 bits per heavy atom. The third-order valence-corrected chi connectivity index (χ3v) is 9.44. The lowest BCUT2D eigenvalue weighted by molar-refractivity contribution is -0.141. The number of piperazine rings is 1. The molecule has 1 aliphatic heterocycles. The first-order valence-corrected chi connectivity index (χ1v) is 15.9. The van der Waals surface area contributed by atoms with Gasteiger partial charge in [-0.2, -0.15) is 13.2 Å². The minimum atomic E-state index is -4.55. The van der Waals surface area contributed by atoms with Gasteiger partial charge in [0.05, 0.1) is 22.9 Å². The summed E-state index contributed by atoms with van der Waals surface area (Å²) in [6.45, 7) is 10.7. The largest absolute Gasteiger partial charge is 0.433 e. The van der Waals surface area contributed by atoms with Gasteiger partial charge in [-0.15, -0.1) is 11.3 Å². The third-order valence-electron chi connectivity index (χ3n) is 8.32. The Balaban J connectivity index is 1.72. The molecule has 7 nitrogen and oxygen atoms in total. The smallest absolute Gasteiger partial charge is 0.336 e. The quantitative estimate of drug-likeness (QED) is 0.301. The van der Waals surface area contributed by atoms with Gasteiger partial charge >= 0.3 is 6.18 Å². The highest BCUT2D eigenvalue weighted by Crippen LogP contribution is 2.43. The Labute approximate surface area is 263 Å². The van der Waals surface area contributed by atoms with E-state index >= 15 is 0 Å². The van der Waals surface area contributed by atoms with Crippen LogP contribution in [0.15, 0.2) is 57.8 Å². The minimum absolute atomic E-state index is 0.145. The van der Waals surface area contributed by atoms with Crippen molar-refractivity contribution in [3.8, 4) is 21.8 Å². The summed E-state index contributed by atoms with van der Waals surface area (Å²) in [4.78, 5) is 38.8. The van der Waals surface area contributed by atoms with Gasteiger partial charge in [0.15, 0.2) is 0 Å². The van der Waals surface area contributed by atoms with Crippen LogP contribution in [0.4, 0.5) is 13.2 Å². The fourth-order valence-electron chi connectivity index (χ4n) is 5.64. The van der Waals surface area contributed by atoms with Crippen LogP contribution in [-0.4, -0.2) is 51.5 Å². The van der Waals surface area contributed by atoms with Crippen molar-refractivity contribution in [2.24, 2.45) is 11.3 Å². The lowest BCUT2D eigenvalue weighted by atomic mass is 9.76. The van der Waals surface area contributed by atoms with Crippen molar-refractivity contribution in [2.75, 3.05) is 26.2 Å². The molecule has 3 aromatic rings. The maximum atomic E-state index is 14.6. The number of allylic oxidation sites excluding steroid dienone is 4. The molecule has 3 aromatic heterocycles. The van der Waals surface area contributed by atoms with Gasteiger partial charge in [-0.25, -0.2) is 4.98 Å². The number of carbonyl (C=O) groups excluding carboxylic acids is 1. The van der Waals surface area contributed by atoms with Gasteiger partial charge in [0.1, 0.15) is 10.7 Å². The lowest BCUT2D eigenvalue weighted by Crippen LogP contribution is -2.47. The second kappa shape index (κ2) is 12.6. The number of aromatic nitrogens is 3. The predicted molar refractivity (Wildman–Crippen MR) is 168 cm³/mol. The molecule has 0 bridgehead atoms. The van der Waals surface area contributed by atoms with Gasteiger partial charge in [0.2, 0.25) is 0 Å². The van der Waals surface area contributed by atoms with Crippen LogP contribution >= 0.6 is 22.9 Å². The van der Waals surface area contributed by atoms with E-state index < -0.39 is 23.3 Å². The van der Waals surface area contributed by atoms with Crippen LogP contribution < -0.4 is 10.9 Å². The Morgan fingerprint density at radius 1 is 1.25 bits per heavy atom. The number of hydrogen-bond acceptors (Lipinski definition) is 6. The number of carbonyl (C=O) groups is 1. The molecule has 2 atom stereocenters. The Morgan fingerprint density at radius 2 is 1.98 bits per heavy atom. The van der Waals surface area contributed by atoms with Crippen molar-refractivity contribution in [3.63, 3.8) is 0 Å². The molecule has 0 saturated carbocycles. The van der Waals surface area contributed by atoms with Crippen molar-refractivity contribution >= 4 is 28.8 Å². The molecular formula is C32H35ClF3N5O2S. The number of rotatable bonds is 7. The van der Waals surface area contributed by atoms with Crippen LogP contribution in [0.2, 0.25) is 0 Å². The summed E-state index contributed by atoms with van der Waals surface area (Å²) in [6, 6.07) is 3.41. The molecule has 1 saturated heterocycles. The SMILES string of the molecule is CCC1(C)C=CC(Cl)=C[C@@H]1n1c(CC(C)C)c(C(=O)N2CCNCC2)cc(-c2nc(-c3ccc(C(F)(F)F)nc3)cs2)c1=O. The molecule has 1 N–H and O–H groups in total. The van der Waals surface area contributed by atoms with Crippen LogP contribution in [0.5, 0.6) is 0 Å². The number of pyridine rings is 2. The van der Waals surface area contributed by atoms with Crippen LogP contribution in [0.1, 0.15) is 61.9 Å². The highest BCUT2D eigenvalue weighted by atomic mass is 35.5. The van der Waals surface area contributed by atoms with E-state index in [0.717, 1.165) is 18.7 Å². The lowest BCUT2D eigenvalue weighted by Gasteiger charge is -2.38. The molecule has 1 fully saturated rings. The topological polar surface area (TPSA) is 80.1 Å². The van der Waals surface area contributed by atoms with Crippen LogP contribution in [-0.2, 0) is 12.6 Å². The highest BCUT2D eigenvalue weighted by Gasteiger charge is 2.37. The van der Waals surface area contributed by atoms with Gasteiger partial charge in [0, 0.05) is 59.5 Å². The van der Waals surface area contributed by atoms with Crippen LogP contribution in [0.3, 0.4) is 0 Å². The highest BCUT2D eigenvalue weighted by molar-refractivity contribution is 7.13. The third kappa shape index (κ3) is 6.41. The molecule has 0 aromatic carbocycles. The fraction of sp³-hybridized carbons (Fsp3) is 0.438. The summed E-state index contributed by atoms with van der Waals surface area (Å²) in [6.07, 6.45) is 3.52. The van der Waals surface area contributed by atoms with E-state index in [0.29, 0.717) is 65.2 Å². The summed E-state index contributed by atoms with van der Waals surface area (Å²) in [7, 11) is 0. The number of amides is 1. The standard InChI is InChI=1S/C32H35ClF3N5O2S/c1-5-31(4)9-8-21(33)15-27(31)41-25(14-19(2)3)22(29(42)40-12-10-37-11-13-40)16-23(30(41)43)28-39-24(18-44-28)20-6-7-26(38-17-20)32(34,35)36/h6-9,15-19,27,37H,5,10-14H2,1-4H3/t27-,31?/m0/s1. The van der Waals surface area contributed by atoms with E-state index in [1.54, 1.807) is 20.9 Å². The van der Waals surface area contributed by atoms with E-state index in [1.165, 1.54) is 17.4 Å². The number of halogens is 4. The van der Waals surface area contributed by atoms with Gasteiger partial charge < -0.3 is 14.8 Å². The summed E-state index contributed by atoms with van der Waals surface area (Å²) in [5, 5.41) is 5.83. The molecule has 1 aliphatic carbocycles. The van der Waals surface area contributed by atoms with Crippen LogP contribution in [0, 0.1) is 11.3 Å². The average molecular weight is 646 g/mol. The second-order valence-corrected chi connectivity index (χ2v) is 13.2. The summed E-state index contributed by atoms with van der Waals surface area (Å²) >= 11 is 7.73. The number of alkyl halides is 3. The molecule has 0 radical (unpaired) electrons. The van der Waals surface area contributed by atoms with Crippen LogP contribution in [0.25, 0.3) is 21.8 Å². The van der Waals surface area contributed by atoms with Crippen molar-refractivity contribution in [2.45, 2.75) is 52.8 Å². The van der Waals surface area contributed by atoms with Gasteiger partial charge in [-0.1, -0.05) is 45.4 Å². The zero-order chi connectivity index (χ0) is 31.8. The van der Waals surface area contributed by atoms with Gasteiger partial charge in [-0.3, -0.25) is 14.6 Å². The molecule has 1 amide bonds. The maximum Gasteiger partial charge on any atom is 0.433 e. The molecule has 5 rings (SSSR count). The average Bonchev–Trinajstić information content (AvgIpc) is 3.49. The molecule has 0 spiro atoms. The summed E-state index contributed by atoms with van der Waals surface area (Å²) in [5.41, 5.74) is 0.377. The van der Waals surface area contributed by atoms with Gasteiger partial charge in [0.25, 0.3) is 11.5 Å². The van der Waals surface area contributed by atoms with E-state index in [4.69, 9.17) is 11.6 Å². The normalized spacial score (nSPS) is 20.7. The van der Waals surface area contributed by atoms with Crippen molar-refractivity contribution in [3.05, 3.63) is 80.3 Å². The number of thiazole rings is 1. The molecule has 12 heteroatoms. The summed E-state index contributed by atoms with van der Waals surface area (Å²) in [5.74, 6) is -0.00771. The minimum Gasteiger partial charge on any atom is -0.336 e. The number of hydrogen-bond donors (Lipinski definition) is 1. The van der Waals surface area contributed by atoms with E-state index in [1.807, 2.05) is 18.2 Å². The zero-order valence-corrected chi connectivity index (χ0v) is 26.6. The van der Waals surface area contributed by atoms with Crippen molar-refractivity contribution in [1.82, 2.24) is 24.8 Å². The molecule has 1 unspecified atom stereocenters. The molecule has 2 aliphatic rings. The first-order chi connectivity index (χ1) is 20.8. The molecule has 4 heterocycles. The Hall–Kier alpha value is -3.28. The summed E-state index contributed by atoms with van der Waals surface area (Å²) < 4.78 is 41.0. The predicted octanol–water partition coefficient (Wildman–Crippen LogP) is 6.95. The fourth-order valence-corrected chi connectivity index (χ4v) is 6.66. The Bertz CT molecular complexity index is 1660. The van der Waals surface area contributed by atoms with Gasteiger partial charge in [-0.05, 0) is 49.1 Å². The second-order valence-electron chi connectivity index (χ2n) is 11.9. The monoisotopic (exact) mass is 645 g/mol. The first kappa shape index (κ1) is 32.1. The molecule has 44 heavy (non-hydrogen) atoms. The molecular weight excluding hydrogens is 611 g/mol. The maximum absolute atomic E-state index is 14.6. The molecule has 234 valence electrons. The number of nitrogens with one attached hydrogen (secondary N) is 1. The number of nitrogens with zero attached hydrogens (tertiary/aromatic N) is 4. The van der Waals surface area contributed by atoms with Crippen molar-refractivity contribution in [1.29, 1.82) is 0 Å². The van der Waals surface area contributed by atoms with Crippen molar-refractivity contribution < 1.29 is 18.0 Å². The first-order valence-electron chi connectivity index (χ1n) is 14.7. The van der Waals surface area contributed by atoms with E-state index in [-0.39, 0.29) is 22.9 Å². The van der Waals surface area contributed by atoms with E-state index in [9.17, 15) is 22.8 Å².